The third-order valence-electron chi connectivity index (χ3n) is 3.56. The molecule has 1 aromatic rings. The predicted molar refractivity (Wildman–Crippen MR) is 69.9 cm³/mol. The molecule has 0 radical (unpaired) electrons. The molecule has 2 rings (SSSR count). The lowest BCUT2D eigenvalue weighted by molar-refractivity contribution is 0.505. The molecule has 0 amide bonds. The Kier molecular flexibility index (Phi) is 2.70. The lowest BCUT2D eigenvalue weighted by atomic mass is 9.99. The first-order chi connectivity index (χ1) is 7.40. The van der Waals surface area contributed by atoms with Crippen molar-refractivity contribution in [3.63, 3.8) is 0 Å². The van der Waals surface area contributed by atoms with Gasteiger partial charge < -0.3 is 10.6 Å². The average molecular weight is 218 g/mol. The Bertz CT molecular complexity index is 396. The van der Waals surface area contributed by atoms with Crippen LogP contribution in [0.25, 0.3) is 0 Å². The quantitative estimate of drug-likeness (QED) is 0.785. The van der Waals surface area contributed by atoms with Crippen LogP contribution in [0.5, 0.6) is 0 Å². The van der Waals surface area contributed by atoms with Crippen LogP contribution in [-0.4, -0.2) is 18.1 Å². The largest absolute Gasteiger partial charge is 0.365 e. The molecular weight excluding hydrogens is 196 g/mol. The van der Waals surface area contributed by atoms with Crippen molar-refractivity contribution in [1.29, 1.82) is 0 Å². The Hall–Kier alpha value is -1.02. The van der Waals surface area contributed by atoms with Gasteiger partial charge in [-0.05, 0) is 51.3 Å². The van der Waals surface area contributed by atoms with Gasteiger partial charge in [-0.2, -0.15) is 0 Å². The molecule has 1 aliphatic heterocycles. The number of nitrogens with two attached hydrogens (primary N) is 1. The average Bonchev–Trinajstić information content (AvgIpc) is 2.43. The number of rotatable bonds is 1. The topological polar surface area (TPSA) is 29.3 Å². The molecule has 88 valence electrons. The molecule has 1 saturated heterocycles. The SMILES string of the molecule is Cc1ccc(C)c(N2CC(N)CC2(C)C)c1. The smallest absolute Gasteiger partial charge is 0.0403 e. The minimum absolute atomic E-state index is 0.179. The van der Waals surface area contributed by atoms with E-state index in [9.17, 15) is 0 Å². The first-order valence-electron chi connectivity index (χ1n) is 6.00. The number of hydrogen-bond donors (Lipinski definition) is 1. The molecular formula is C14H22N2. The summed E-state index contributed by atoms with van der Waals surface area (Å²) in [4.78, 5) is 2.46. The molecule has 1 aliphatic rings. The van der Waals surface area contributed by atoms with Gasteiger partial charge in [-0.3, -0.25) is 0 Å². The molecule has 1 aromatic carbocycles. The summed E-state index contributed by atoms with van der Waals surface area (Å²) in [5, 5.41) is 0. The highest BCUT2D eigenvalue weighted by atomic mass is 15.2. The fraction of sp³-hybridized carbons (Fsp3) is 0.571. The van der Waals surface area contributed by atoms with Crippen LogP contribution in [0.3, 0.4) is 0 Å². The summed E-state index contributed by atoms with van der Waals surface area (Å²) < 4.78 is 0. The van der Waals surface area contributed by atoms with Crippen LogP contribution >= 0.6 is 0 Å². The van der Waals surface area contributed by atoms with E-state index in [-0.39, 0.29) is 5.54 Å². The molecule has 0 aliphatic carbocycles. The summed E-state index contributed by atoms with van der Waals surface area (Å²) in [6.07, 6.45) is 1.07. The van der Waals surface area contributed by atoms with E-state index in [4.69, 9.17) is 5.73 Å². The summed E-state index contributed by atoms with van der Waals surface area (Å²) in [5.74, 6) is 0. The molecule has 0 spiro atoms. The van der Waals surface area contributed by atoms with E-state index >= 15 is 0 Å². The van der Waals surface area contributed by atoms with E-state index in [1.807, 2.05) is 0 Å². The zero-order chi connectivity index (χ0) is 11.9. The van der Waals surface area contributed by atoms with Crippen molar-refractivity contribution in [3.05, 3.63) is 29.3 Å². The van der Waals surface area contributed by atoms with E-state index < -0.39 is 0 Å². The standard InChI is InChI=1S/C14H22N2/c1-10-5-6-11(2)13(7-10)16-9-12(15)8-14(16,3)4/h5-7,12H,8-9,15H2,1-4H3. The maximum atomic E-state index is 6.08. The van der Waals surface area contributed by atoms with Gasteiger partial charge in [0, 0.05) is 23.8 Å². The third-order valence-corrected chi connectivity index (χ3v) is 3.56. The minimum Gasteiger partial charge on any atom is -0.365 e. The molecule has 16 heavy (non-hydrogen) atoms. The van der Waals surface area contributed by atoms with Crippen LogP contribution < -0.4 is 10.6 Å². The number of benzene rings is 1. The molecule has 1 heterocycles. The molecule has 2 nitrogen and oxygen atoms in total. The van der Waals surface area contributed by atoms with Crippen molar-refractivity contribution in [2.24, 2.45) is 5.73 Å². The van der Waals surface area contributed by atoms with Crippen LogP contribution in [0, 0.1) is 13.8 Å². The summed E-state index contributed by atoms with van der Waals surface area (Å²) in [6, 6.07) is 6.94. The Morgan fingerprint density at radius 3 is 2.56 bits per heavy atom. The highest BCUT2D eigenvalue weighted by Crippen LogP contribution is 2.35. The summed E-state index contributed by atoms with van der Waals surface area (Å²) in [7, 11) is 0. The third kappa shape index (κ3) is 1.94. The lowest BCUT2D eigenvalue weighted by Crippen LogP contribution is -2.38. The van der Waals surface area contributed by atoms with Crippen LogP contribution in [0.2, 0.25) is 0 Å². The first-order valence-corrected chi connectivity index (χ1v) is 6.00. The lowest BCUT2D eigenvalue weighted by Gasteiger charge is -2.34. The Morgan fingerprint density at radius 2 is 2.00 bits per heavy atom. The van der Waals surface area contributed by atoms with E-state index in [0.717, 1.165) is 13.0 Å². The second kappa shape index (κ2) is 3.77. The predicted octanol–water partition coefficient (Wildman–Crippen LogP) is 2.62. The number of anilines is 1. The Balaban J connectivity index is 2.40. The van der Waals surface area contributed by atoms with Crippen molar-refractivity contribution in [3.8, 4) is 0 Å². The fourth-order valence-corrected chi connectivity index (χ4v) is 2.73. The van der Waals surface area contributed by atoms with Crippen LogP contribution in [-0.2, 0) is 0 Å². The van der Waals surface area contributed by atoms with Gasteiger partial charge in [-0.15, -0.1) is 0 Å². The van der Waals surface area contributed by atoms with Gasteiger partial charge in [0.2, 0.25) is 0 Å². The highest BCUT2D eigenvalue weighted by molar-refractivity contribution is 5.57. The van der Waals surface area contributed by atoms with Crippen LogP contribution in [0.4, 0.5) is 5.69 Å². The van der Waals surface area contributed by atoms with Crippen molar-refractivity contribution in [2.75, 3.05) is 11.4 Å². The maximum Gasteiger partial charge on any atom is 0.0403 e. The zero-order valence-corrected chi connectivity index (χ0v) is 10.7. The van der Waals surface area contributed by atoms with Gasteiger partial charge in [0.05, 0.1) is 0 Å². The van der Waals surface area contributed by atoms with Gasteiger partial charge in [-0.25, -0.2) is 0 Å². The molecule has 2 N–H and O–H groups in total. The van der Waals surface area contributed by atoms with Gasteiger partial charge in [-0.1, -0.05) is 12.1 Å². The normalized spacial score (nSPS) is 23.8. The molecule has 2 heteroatoms. The van der Waals surface area contributed by atoms with Crippen molar-refractivity contribution in [1.82, 2.24) is 0 Å². The van der Waals surface area contributed by atoms with Gasteiger partial charge in [0.15, 0.2) is 0 Å². The molecule has 1 unspecified atom stereocenters. The zero-order valence-electron chi connectivity index (χ0n) is 10.7. The van der Waals surface area contributed by atoms with Crippen molar-refractivity contribution < 1.29 is 0 Å². The van der Waals surface area contributed by atoms with E-state index in [1.54, 1.807) is 0 Å². The monoisotopic (exact) mass is 218 g/mol. The van der Waals surface area contributed by atoms with Crippen molar-refractivity contribution in [2.45, 2.75) is 45.7 Å². The first kappa shape index (κ1) is 11.5. The van der Waals surface area contributed by atoms with Gasteiger partial charge >= 0.3 is 0 Å². The van der Waals surface area contributed by atoms with Crippen molar-refractivity contribution >= 4 is 5.69 Å². The van der Waals surface area contributed by atoms with Gasteiger partial charge in [0.1, 0.15) is 0 Å². The van der Waals surface area contributed by atoms with Gasteiger partial charge in [0.25, 0.3) is 0 Å². The summed E-state index contributed by atoms with van der Waals surface area (Å²) >= 11 is 0. The second-order valence-corrected chi connectivity index (χ2v) is 5.68. The van der Waals surface area contributed by atoms with E-state index in [2.05, 4.69) is 50.8 Å². The molecule has 0 aromatic heterocycles. The number of hydrogen-bond acceptors (Lipinski definition) is 2. The van der Waals surface area contributed by atoms with Crippen LogP contribution in [0.1, 0.15) is 31.4 Å². The number of aryl methyl sites for hydroxylation is 2. The fourth-order valence-electron chi connectivity index (χ4n) is 2.73. The maximum absolute atomic E-state index is 6.08. The van der Waals surface area contributed by atoms with Crippen LogP contribution in [0.15, 0.2) is 18.2 Å². The van der Waals surface area contributed by atoms with E-state index in [0.29, 0.717) is 6.04 Å². The molecule has 0 bridgehead atoms. The highest BCUT2D eigenvalue weighted by Gasteiger charge is 2.37. The van der Waals surface area contributed by atoms with E-state index in [1.165, 1.54) is 16.8 Å². The Morgan fingerprint density at radius 1 is 1.31 bits per heavy atom. The molecule has 1 atom stereocenters. The summed E-state index contributed by atoms with van der Waals surface area (Å²) in [5.41, 5.74) is 10.3. The molecule has 0 saturated carbocycles. The Labute approximate surface area is 98.4 Å². The minimum atomic E-state index is 0.179. The summed E-state index contributed by atoms with van der Waals surface area (Å²) in [6.45, 7) is 9.85. The second-order valence-electron chi connectivity index (χ2n) is 5.68. The number of nitrogens with zero attached hydrogens (tertiary/aromatic N) is 1. The molecule has 1 fully saturated rings.